The Hall–Kier alpha value is -2.85. The van der Waals surface area contributed by atoms with Crippen molar-refractivity contribution in [2.24, 2.45) is 5.41 Å². The number of aromatic nitrogens is 1. The Kier molecular flexibility index (Phi) is 4.77. The normalized spacial score (nSPS) is 24.3. The minimum atomic E-state index is -4.67. The zero-order valence-electron chi connectivity index (χ0n) is 18.4. The highest BCUT2D eigenvalue weighted by Gasteiger charge is 2.67. The Morgan fingerprint density at radius 2 is 1.79 bits per heavy atom. The van der Waals surface area contributed by atoms with Crippen LogP contribution in [0.5, 0.6) is 0 Å². The van der Waals surface area contributed by atoms with Crippen molar-refractivity contribution >= 4 is 26.9 Å². The molecule has 1 aromatic heterocycles. The first-order valence-corrected chi connectivity index (χ1v) is 12.2. The number of hydrogen-bond acceptors (Lipinski definition) is 5. The number of hydrogen-bond donors (Lipinski definition) is 1. The van der Waals surface area contributed by atoms with Gasteiger partial charge in [-0.2, -0.15) is 13.2 Å². The van der Waals surface area contributed by atoms with E-state index >= 15 is 0 Å². The fraction of sp³-hybridized carbons (Fsp3) is 0.375. The fourth-order valence-electron chi connectivity index (χ4n) is 5.72. The van der Waals surface area contributed by atoms with E-state index < -0.39 is 38.7 Å². The highest BCUT2D eigenvalue weighted by atomic mass is 32.2. The number of esters is 1. The van der Waals surface area contributed by atoms with Crippen LogP contribution in [-0.2, 0) is 37.8 Å². The van der Waals surface area contributed by atoms with Crippen LogP contribution in [0.3, 0.4) is 0 Å². The molecule has 1 saturated carbocycles. The molecule has 34 heavy (non-hydrogen) atoms. The summed E-state index contributed by atoms with van der Waals surface area (Å²) in [5.41, 5.74) is -3.23. The predicted octanol–water partition coefficient (Wildman–Crippen LogP) is 4.29. The average Bonchev–Trinajstić information content (AvgIpc) is 3.35. The quantitative estimate of drug-likeness (QED) is 0.550. The van der Waals surface area contributed by atoms with Gasteiger partial charge in [-0.15, -0.1) is 0 Å². The highest BCUT2D eigenvalue weighted by molar-refractivity contribution is 7.90. The Bertz CT molecular complexity index is 1440. The zero-order chi connectivity index (χ0) is 24.7. The molecule has 1 heterocycles. The lowest BCUT2D eigenvalue weighted by molar-refractivity contribution is -0.167. The number of nitrogens with zero attached hydrogens (tertiary/aromatic N) is 1. The summed E-state index contributed by atoms with van der Waals surface area (Å²) in [5.74, 6) is -0.705. The standard InChI is InChI=1S/C24H22F3NO5S/c1-14-4-7-16(8-5-14)34(31,32)28-18-9-6-15(24(25,26)27)12-17(18)20-19(28)13-22(21(29)33-2)10-3-11-23(20,22)30/h4-9,12,30H,3,10-11,13H2,1-2H3/t22-,23-/m1/s1. The zero-order valence-corrected chi connectivity index (χ0v) is 19.3. The highest BCUT2D eigenvalue weighted by Crippen LogP contribution is 2.63. The number of halogens is 3. The van der Waals surface area contributed by atoms with E-state index in [1.54, 1.807) is 19.1 Å². The van der Waals surface area contributed by atoms with Gasteiger partial charge >= 0.3 is 12.1 Å². The number of ether oxygens (including phenoxy) is 1. The van der Waals surface area contributed by atoms with E-state index in [-0.39, 0.29) is 46.3 Å². The van der Waals surface area contributed by atoms with E-state index in [4.69, 9.17) is 4.74 Å². The Labute approximate surface area is 194 Å². The molecule has 2 atom stereocenters. The van der Waals surface area contributed by atoms with Crippen molar-refractivity contribution in [1.82, 2.24) is 3.97 Å². The van der Waals surface area contributed by atoms with E-state index in [0.29, 0.717) is 6.42 Å². The molecular formula is C24H22F3NO5S. The van der Waals surface area contributed by atoms with Crippen molar-refractivity contribution in [3.63, 3.8) is 0 Å². The molecule has 3 aromatic rings. The second-order valence-electron chi connectivity index (χ2n) is 9.10. The topological polar surface area (TPSA) is 85.6 Å². The van der Waals surface area contributed by atoms with Crippen LogP contribution < -0.4 is 0 Å². The van der Waals surface area contributed by atoms with Gasteiger partial charge in [0.2, 0.25) is 0 Å². The van der Waals surface area contributed by atoms with E-state index in [2.05, 4.69) is 0 Å². The number of carbonyl (C=O) groups excluding carboxylic acids is 1. The van der Waals surface area contributed by atoms with Crippen LogP contribution in [0.4, 0.5) is 13.2 Å². The van der Waals surface area contributed by atoms with Crippen molar-refractivity contribution in [1.29, 1.82) is 0 Å². The number of aryl methyl sites for hydroxylation is 1. The number of fused-ring (bicyclic) bond motifs is 5. The van der Waals surface area contributed by atoms with Gasteiger partial charge < -0.3 is 9.84 Å². The molecule has 2 aliphatic rings. The molecule has 0 amide bonds. The molecule has 6 nitrogen and oxygen atoms in total. The van der Waals surface area contributed by atoms with Crippen LogP contribution in [0.15, 0.2) is 47.4 Å². The monoisotopic (exact) mass is 493 g/mol. The molecule has 0 saturated heterocycles. The molecule has 0 radical (unpaired) electrons. The minimum Gasteiger partial charge on any atom is -0.468 e. The molecule has 0 aliphatic heterocycles. The summed E-state index contributed by atoms with van der Waals surface area (Å²) in [6, 6.07) is 8.89. The first-order valence-electron chi connectivity index (χ1n) is 10.7. The maximum Gasteiger partial charge on any atom is 0.416 e. The summed E-state index contributed by atoms with van der Waals surface area (Å²) in [4.78, 5) is 12.9. The van der Waals surface area contributed by atoms with E-state index in [9.17, 15) is 31.5 Å². The average molecular weight is 494 g/mol. The van der Waals surface area contributed by atoms with Crippen molar-refractivity contribution in [2.75, 3.05) is 7.11 Å². The number of benzene rings is 2. The van der Waals surface area contributed by atoms with Crippen molar-refractivity contribution in [2.45, 2.75) is 49.3 Å². The van der Waals surface area contributed by atoms with Gasteiger partial charge in [0.25, 0.3) is 10.0 Å². The van der Waals surface area contributed by atoms with Crippen LogP contribution in [0, 0.1) is 12.3 Å². The molecule has 2 aliphatic carbocycles. The molecule has 1 fully saturated rings. The maximum atomic E-state index is 13.8. The third-order valence-electron chi connectivity index (χ3n) is 7.30. The molecule has 5 rings (SSSR count). The molecular weight excluding hydrogens is 471 g/mol. The summed E-state index contributed by atoms with van der Waals surface area (Å²) in [6.07, 6.45) is -4.05. The second kappa shape index (κ2) is 7.08. The Morgan fingerprint density at radius 3 is 2.41 bits per heavy atom. The number of alkyl halides is 3. The maximum absolute atomic E-state index is 13.8. The summed E-state index contributed by atoms with van der Waals surface area (Å²) in [7, 11) is -3.08. The van der Waals surface area contributed by atoms with Gasteiger partial charge in [-0.3, -0.25) is 4.79 Å². The molecule has 10 heteroatoms. The van der Waals surface area contributed by atoms with Gasteiger partial charge in [-0.05, 0) is 56.5 Å². The summed E-state index contributed by atoms with van der Waals surface area (Å²) >= 11 is 0. The Balaban J connectivity index is 1.87. The van der Waals surface area contributed by atoms with E-state index in [1.165, 1.54) is 19.2 Å². The lowest BCUT2D eigenvalue weighted by Crippen LogP contribution is -2.45. The van der Waals surface area contributed by atoms with Crippen LogP contribution >= 0.6 is 0 Å². The first kappa shape index (κ1) is 22.9. The lowest BCUT2D eigenvalue weighted by Gasteiger charge is -2.34. The molecule has 1 N–H and O–H groups in total. The van der Waals surface area contributed by atoms with Crippen molar-refractivity contribution in [3.05, 3.63) is 64.8 Å². The van der Waals surface area contributed by atoms with Gasteiger partial charge in [0, 0.05) is 23.1 Å². The third kappa shape index (κ3) is 2.84. The van der Waals surface area contributed by atoms with E-state index in [1.807, 2.05) is 0 Å². The summed E-state index contributed by atoms with van der Waals surface area (Å²) in [5, 5.41) is 11.8. The van der Waals surface area contributed by atoms with E-state index in [0.717, 1.165) is 27.7 Å². The van der Waals surface area contributed by atoms with Gasteiger partial charge in [-0.1, -0.05) is 17.7 Å². The predicted molar refractivity (Wildman–Crippen MR) is 117 cm³/mol. The largest absolute Gasteiger partial charge is 0.468 e. The molecule has 0 spiro atoms. The summed E-state index contributed by atoms with van der Waals surface area (Å²) < 4.78 is 74.2. The second-order valence-corrected chi connectivity index (χ2v) is 10.9. The van der Waals surface area contributed by atoms with Gasteiger partial charge in [-0.25, -0.2) is 12.4 Å². The van der Waals surface area contributed by atoms with Gasteiger partial charge in [0.15, 0.2) is 0 Å². The van der Waals surface area contributed by atoms with Crippen LogP contribution in [0.25, 0.3) is 10.9 Å². The number of carbonyl (C=O) groups is 1. The third-order valence-corrected chi connectivity index (χ3v) is 9.06. The first-order chi connectivity index (χ1) is 15.9. The lowest BCUT2D eigenvalue weighted by atomic mass is 9.74. The Morgan fingerprint density at radius 1 is 1.12 bits per heavy atom. The SMILES string of the molecule is COC(=O)[C@]12CCC[C@@]1(O)c1c(n(S(=O)(=O)c3ccc(C)cc3)c3ccc(C(F)(F)F)cc13)C2. The van der Waals surface area contributed by atoms with Crippen LogP contribution in [0.2, 0.25) is 0 Å². The molecule has 0 unspecified atom stereocenters. The van der Waals surface area contributed by atoms with Gasteiger partial charge in [0.05, 0.1) is 23.1 Å². The van der Waals surface area contributed by atoms with Gasteiger partial charge in [0.1, 0.15) is 11.0 Å². The number of aliphatic hydroxyl groups is 1. The molecule has 180 valence electrons. The fourth-order valence-corrected chi connectivity index (χ4v) is 7.27. The van der Waals surface area contributed by atoms with Crippen molar-refractivity contribution in [3.8, 4) is 0 Å². The van der Waals surface area contributed by atoms with Crippen LogP contribution in [0.1, 0.15) is 41.6 Å². The minimum absolute atomic E-state index is 0.0253. The van der Waals surface area contributed by atoms with Crippen molar-refractivity contribution < 1.29 is 36.2 Å². The smallest absolute Gasteiger partial charge is 0.416 e. The number of methoxy groups -OCH3 is 1. The summed E-state index contributed by atoms with van der Waals surface area (Å²) in [6.45, 7) is 1.80. The molecule has 0 bridgehead atoms. The number of rotatable bonds is 3. The van der Waals surface area contributed by atoms with Crippen LogP contribution in [-0.4, -0.2) is 30.6 Å². The molecule has 2 aromatic carbocycles.